The monoisotopic (exact) mass is 489 g/mol. The summed E-state index contributed by atoms with van der Waals surface area (Å²) in [5, 5.41) is 10.2. The van der Waals surface area contributed by atoms with Gasteiger partial charge in [-0.3, -0.25) is 9.69 Å². The van der Waals surface area contributed by atoms with Crippen LogP contribution >= 0.6 is 0 Å². The number of rotatable bonds is 7. The molecular weight excluding hydrogens is 458 g/mol. The fourth-order valence-corrected chi connectivity index (χ4v) is 5.10. The van der Waals surface area contributed by atoms with Gasteiger partial charge in [-0.05, 0) is 51.9 Å². The fourth-order valence-electron chi connectivity index (χ4n) is 5.10. The van der Waals surface area contributed by atoms with E-state index in [4.69, 9.17) is 9.47 Å². The molecule has 3 aromatic heterocycles. The number of fused-ring (bicyclic) bond motifs is 1. The Hall–Kier alpha value is -3.55. The van der Waals surface area contributed by atoms with Gasteiger partial charge in [-0.15, -0.1) is 0 Å². The van der Waals surface area contributed by atoms with Crippen LogP contribution in [0.3, 0.4) is 0 Å². The zero-order valence-corrected chi connectivity index (χ0v) is 21.0. The predicted octanol–water partition coefficient (Wildman–Crippen LogP) is 2.30. The van der Waals surface area contributed by atoms with Gasteiger partial charge in [-0.1, -0.05) is 0 Å². The standard InChI is InChI=1S/C26H31N7O3/c1-17-13-18(23-20-7-9-32(3)24(20)30-22(14-27)29-23)15-28-25(17)36-12-11-35-19-6-10-33(16-19)26(34)21-5-4-8-31(21)2/h7,9,13,15,19,21H,4-6,8,10-12,16H2,1-3H3/t19-,21-/m0/s1. The van der Waals surface area contributed by atoms with Crippen LogP contribution < -0.4 is 4.74 Å². The van der Waals surface area contributed by atoms with Crippen LogP contribution in [0, 0.1) is 18.3 Å². The maximum atomic E-state index is 12.8. The number of likely N-dealkylation sites (N-methyl/N-ethyl adjacent to an activating group) is 1. The summed E-state index contributed by atoms with van der Waals surface area (Å²) in [4.78, 5) is 30.1. The summed E-state index contributed by atoms with van der Waals surface area (Å²) in [7, 11) is 3.91. The molecule has 2 saturated heterocycles. The highest BCUT2D eigenvalue weighted by Gasteiger charge is 2.35. The van der Waals surface area contributed by atoms with E-state index in [2.05, 4.69) is 19.9 Å². The summed E-state index contributed by atoms with van der Waals surface area (Å²) in [5.41, 5.74) is 3.04. The maximum Gasteiger partial charge on any atom is 0.240 e. The Morgan fingerprint density at radius 3 is 2.83 bits per heavy atom. The van der Waals surface area contributed by atoms with Gasteiger partial charge in [0.15, 0.2) is 0 Å². The largest absolute Gasteiger partial charge is 0.475 e. The van der Waals surface area contributed by atoms with Crippen molar-refractivity contribution in [2.75, 3.05) is 39.9 Å². The Morgan fingerprint density at radius 2 is 2.08 bits per heavy atom. The Morgan fingerprint density at radius 1 is 1.22 bits per heavy atom. The highest BCUT2D eigenvalue weighted by Crippen LogP contribution is 2.29. The minimum absolute atomic E-state index is 0.0240. The van der Waals surface area contributed by atoms with E-state index in [1.54, 1.807) is 6.20 Å². The van der Waals surface area contributed by atoms with Crippen LogP contribution in [-0.4, -0.2) is 87.3 Å². The molecule has 0 saturated carbocycles. The zero-order chi connectivity index (χ0) is 25.2. The molecule has 5 rings (SSSR count). The summed E-state index contributed by atoms with van der Waals surface area (Å²) < 4.78 is 13.7. The van der Waals surface area contributed by atoms with Crippen molar-refractivity contribution in [2.45, 2.75) is 38.3 Å². The molecule has 0 aromatic carbocycles. The van der Waals surface area contributed by atoms with Gasteiger partial charge in [0.2, 0.25) is 17.6 Å². The second kappa shape index (κ2) is 10.2. The number of nitriles is 1. The molecule has 36 heavy (non-hydrogen) atoms. The molecule has 0 N–H and O–H groups in total. The van der Waals surface area contributed by atoms with E-state index in [0.717, 1.165) is 48.9 Å². The Labute approximate surface area is 210 Å². The lowest BCUT2D eigenvalue weighted by Crippen LogP contribution is -2.43. The van der Waals surface area contributed by atoms with Gasteiger partial charge < -0.3 is 18.9 Å². The molecule has 0 spiro atoms. The number of hydrogen-bond acceptors (Lipinski definition) is 8. The number of amides is 1. The van der Waals surface area contributed by atoms with Crippen molar-refractivity contribution in [2.24, 2.45) is 7.05 Å². The van der Waals surface area contributed by atoms with Gasteiger partial charge in [0.1, 0.15) is 18.3 Å². The molecule has 10 nitrogen and oxygen atoms in total. The average Bonchev–Trinajstić information content (AvgIpc) is 3.62. The van der Waals surface area contributed by atoms with Crippen molar-refractivity contribution < 1.29 is 14.3 Å². The number of nitrogens with zero attached hydrogens (tertiary/aromatic N) is 7. The molecule has 2 fully saturated rings. The molecule has 0 bridgehead atoms. The third kappa shape index (κ3) is 4.76. The van der Waals surface area contributed by atoms with E-state index in [9.17, 15) is 10.1 Å². The topological polar surface area (TPSA) is 109 Å². The third-order valence-electron chi connectivity index (χ3n) is 7.07. The van der Waals surface area contributed by atoms with Gasteiger partial charge in [0, 0.05) is 49.0 Å². The van der Waals surface area contributed by atoms with Crippen molar-refractivity contribution in [3.63, 3.8) is 0 Å². The van der Waals surface area contributed by atoms with Crippen molar-refractivity contribution in [3.8, 4) is 23.2 Å². The predicted molar refractivity (Wildman–Crippen MR) is 133 cm³/mol. The van der Waals surface area contributed by atoms with Crippen LogP contribution in [0.4, 0.5) is 0 Å². The number of aromatic nitrogens is 4. The molecular formula is C26H31N7O3. The maximum absolute atomic E-state index is 12.8. The molecule has 0 unspecified atom stereocenters. The Kier molecular flexibility index (Phi) is 6.85. The number of pyridine rings is 1. The molecule has 3 aromatic rings. The van der Waals surface area contributed by atoms with Gasteiger partial charge in [-0.2, -0.15) is 5.26 Å². The number of carbonyl (C=O) groups excluding carboxylic acids is 1. The van der Waals surface area contributed by atoms with Crippen LogP contribution in [0.15, 0.2) is 24.5 Å². The van der Waals surface area contributed by atoms with Crippen molar-refractivity contribution in [1.82, 2.24) is 29.3 Å². The normalized spacial score (nSPS) is 20.2. The molecule has 10 heteroatoms. The smallest absolute Gasteiger partial charge is 0.240 e. The van der Waals surface area contributed by atoms with Gasteiger partial charge in [-0.25, -0.2) is 15.0 Å². The first-order chi connectivity index (χ1) is 17.4. The van der Waals surface area contributed by atoms with Crippen molar-refractivity contribution in [3.05, 3.63) is 35.9 Å². The second-order valence-electron chi connectivity index (χ2n) is 9.57. The summed E-state index contributed by atoms with van der Waals surface area (Å²) in [6.45, 7) is 5.13. The molecule has 0 radical (unpaired) electrons. The first kappa shape index (κ1) is 24.2. The van der Waals surface area contributed by atoms with Crippen LogP contribution in [0.5, 0.6) is 5.88 Å². The van der Waals surface area contributed by atoms with E-state index < -0.39 is 0 Å². The minimum atomic E-state index is 0.0240. The molecule has 188 valence electrons. The Balaban J connectivity index is 1.16. The molecule has 1 amide bonds. The first-order valence-electron chi connectivity index (χ1n) is 12.4. The average molecular weight is 490 g/mol. The summed E-state index contributed by atoms with van der Waals surface area (Å²) in [6, 6.07) is 5.96. The van der Waals surface area contributed by atoms with E-state index >= 15 is 0 Å². The van der Waals surface area contributed by atoms with Gasteiger partial charge >= 0.3 is 0 Å². The van der Waals surface area contributed by atoms with Crippen LogP contribution in [0.25, 0.3) is 22.3 Å². The minimum Gasteiger partial charge on any atom is -0.475 e. The van der Waals surface area contributed by atoms with Gasteiger partial charge in [0.25, 0.3) is 0 Å². The van der Waals surface area contributed by atoms with Crippen LogP contribution in [0.1, 0.15) is 30.7 Å². The molecule has 2 aliphatic heterocycles. The number of aryl methyl sites for hydroxylation is 2. The fraction of sp³-hybridized carbons (Fsp3) is 0.500. The summed E-state index contributed by atoms with van der Waals surface area (Å²) in [5.74, 6) is 0.890. The van der Waals surface area contributed by atoms with Crippen molar-refractivity contribution >= 4 is 16.9 Å². The lowest BCUT2D eigenvalue weighted by molar-refractivity contribution is -0.135. The van der Waals surface area contributed by atoms with Gasteiger partial charge in [0.05, 0.1) is 24.4 Å². The lowest BCUT2D eigenvalue weighted by atomic mass is 10.1. The van der Waals surface area contributed by atoms with E-state index in [-0.39, 0.29) is 23.9 Å². The van der Waals surface area contributed by atoms with Crippen LogP contribution in [-0.2, 0) is 16.6 Å². The molecule has 2 aliphatic rings. The zero-order valence-electron chi connectivity index (χ0n) is 21.0. The molecule has 2 atom stereocenters. The van der Waals surface area contributed by atoms with E-state index in [0.29, 0.717) is 37.0 Å². The van der Waals surface area contributed by atoms with E-state index in [1.807, 2.05) is 54.9 Å². The second-order valence-corrected chi connectivity index (χ2v) is 9.57. The highest BCUT2D eigenvalue weighted by atomic mass is 16.5. The third-order valence-corrected chi connectivity index (χ3v) is 7.07. The quantitative estimate of drug-likeness (QED) is 0.465. The number of likely N-dealkylation sites (tertiary alicyclic amines) is 2. The number of ether oxygens (including phenoxy) is 2. The molecule has 0 aliphatic carbocycles. The highest BCUT2D eigenvalue weighted by molar-refractivity contribution is 5.91. The SMILES string of the molecule is Cc1cc(-c2nc(C#N)nc3c2ccn3C)cnc1OCCO[C@H]1CCN(C(=O)[C@@H]2CCCN2C)C1. The number of hydrogen-bond donors (Lipinski definition) is 0. The number of carbonyl (C=O) groups is 1. The Bertz CT molecular complexity index is 1310. The van der Waals surface area contributed by atoms with Crippen molar-refractivity contribution in [1.29, 1.82) is 5.26 Å². The summed E-state index contributed by atoms with van der Waals surface area (Å²) in [6.07, 6.45) is 6.53. The first-order valence-corrected chi connectivity index (χ1v) is 12.4. The van der Waals surface area contributed by atoms with Crippen LogP contribution in [0.2, 0.25) is 0 Å². The summed E-state index contributed by atoms with van der Waals surface area (Å²) >= 11 is 0. The van der Waals surface area contributed by atoms with E-state index in [1.165, 1.54) is 0 Å². The lowest BCUT2D eigenvalue weighted by Gasteiger charge is -2.25. The molecule has 5 heterocycles.